The molecule has 0 aromatic carbocycles. The summed E-state index contributed by atoms with van der Waals surface area (Å²) < 4.78 is 0. The first-order chi connectivity index (χ1) is 22.7. The zero-order valence-corrected chi connectivity index (χ0v) is 30.1. The standard InChI is InChI=1S/C35H58N8O5/c1-9-12-27(43-33(47)28(13-11-16-36)42-31(45)26-14-17-37-18-15-26)32(46)41-22-35(8,19-23(3)4)21-40-25(7)29(44)20-39-30(24(5)6)34(48)38-10-2/h14-15,17-18,23-25,27-28,30,39-40H,9-13,19-22H2,1-8H3,(H,38,48)(H,41,46)(H,42,45)(H,43,47)/t25-,27-,28-,30-,35?/m0/s1. The molecule has 0 radical (unpaired) electrons. The molecule has 0 fully saturated rings. The Morgan fingerprint density at radius 1 is 0.854 bits per heavy atom. The van der Waals surface area contributed by atoms with Gasteiger partial charge >= 0.3 is 0 Å². The molecule has 1 heterocycles. The predicted octanol–water partition coefficient (Wildman–Crippen LogP) is 2.23. The second kappa shape index (κ2) is 21.9. The van der Waals surface area contributed by atoms with Crippen molar-refractivity contribution in [3.8, 4) is 6.07 Å². The molecule has 0 bridgehead atoms. The van der Waals surface area contributed by atoms with Crippen molar-refractivity contribution in [2.24, 2.45) is 17.3 Å². The van der Waals surface area contributed by atoms with Gasteiger partial charge in [0.25, 0.3) is 5.91 Å². The summed E-state index contributed by atoms with van der Waals surface area (Å²) in [6, 6.07) is 2.25. The molecule has 13 heteroatoms. The lowest BCUT2D eigenvalue weighted by Gasteiger charge is -2.34. The third kappa shape index (κ3) is 15.3. The molecule has 0 saturated carbocycles. The van der Waals surface area contributed by atoms with Crippen LogP contribution in [0, 0.1) is 28.6 Å². The van der Waals surface area contributed by atoms with Gasteiger partial charge in [0.05, 0.1) is 24.7 Å². The minimum absolute atomic E-state index is 0.0149. The van der Waals surface area contributed by atoms with E-state index in [0.29, 0.717) is 44.0 Å². The van der Waals surface area contributed by atoms with E-state index in [1.165, 1.54) is 24.5 Å². The van der Waals surface area contributed by atoms with Crippen LogP contribution in [0.4, 0.5) is 0 Å². The number of carbonyl (C=O) groups is 5. The molecule has 0 spiro atoms. The maximum atomic E-state index is 13.4. The average molecular weight is 671 g/mol. The fourth-order valence-corrected chi connectivity index (χ4v) is 5.46. The molecular weight excluding hydrogens is 612 g/mol. The summed E-state index contributed by atoms with van der Waals surface area (Å²) in [5, 5.41) is 26.8. The predicted molar refractivity (Wildman–Crippen MR) is 186 cm³/mol. The molecule has 1 unspecified atom stereocenters. The largest absolute Gasteiger partial charge is 0.355 e. The van der Waals surface area contributed by atoms with E-state index >= 15 is 0 Å². The Morgan fingerprint density at radius 2 is 1.50 bits per heavy atom. The van der Waals surface area contributed by atoms with Crippen molar-refractivity contribution in [2.75, 3.05) is 26.2 Å². The first-order valence-electron chi connectivity index (χ1n) is 17.1. The fourth-order valence-electron chi connectivity index (χ4n) is 5.46. The number of likely N-dealkylation sites (N-methyl/N-ethyl adjacent to an activating group) is 1. The lowest BCUT2D eigenvalue weighted by Crippen LogP contribution is -2.55. The van der Waals surface area contributed by atoms with Crippen LogP contribution in [-0.4, -0.2) is 84.7 Å². The topological polar surface area (TPSA) is 194 Å². The van der Waals surface area contributed by atoms with E-state index in [-0.39, 0.29) is 42.9 Å². The van der Waals surface area contributed by atoms with Crippen molar-refractivity contribution < 1.29 is 24.0 Å². The Kier molecular flexibility index (Phi) is 19.2. The number of nitriles is 1. The van der Waals surface area contributed by atoms with Crippen LogP contribution in [0.3, 0.4) is 0 Å². The SMILES string of the molecule is CCC[C@H](NC(=O)[C@H](CCC#N)NC(=O)c1ccncc1)C(=O)NCC(C)(CN[C@@H](C)C(=O)CN[C@H](C(=O)NCC)C(C)C)CC(C)C. The third-order valence-corrected chi connectivity index (χ3v) is 8.02. The van der Waals surface area contributed by atoms with Crippen LogP contribution in [0.2, 0.25) is 0 Å². The monoisotopic (exact) mass is 670 g/mol. The summed E-state index contributed by atoms with van der Waals surface area (Å²) in [6.07, 6.45) is 4.84. The number of amides is 4. The molecule has 1 rings (SSSR count). The number of carbonyl (C=O) groups excluding carboxylic acids is 5. The Bertz CT molecular complexity index is 1220. The Hall–Kier alpha value is -3.89. The smallest absolute Gasteiger partial charge is 0.252 e. The van der Waals surface area contributed by atoms with Crippen LogP contribution in [0.1, 0.15) is 97.9 Å². The number of nitrogens with one attached hydrogen (secondary N) is 6. The lowest BCUT2D eigenvalue weighted by molar-refractivity contribution is -0.130. The number of aromatic nitrogens is 1. The highest BCUT2D eigenvalue weighted by Gasteiger charge is 2.31. The summed E-state index contributed by atoms with van der Waals surface area (Å²) in [7, 11) is 0. The Labute approximate surface area is 286 Å². The van der Waals surface area contributed by atoms with Gasteiger partial charge in [-0.25, -0.2) is 0 Å². The highest BCUT2D eigenvalue weighted by molar-refractivity contribution is 5.98. The van der Waals surface area contributed by atoms with Crippen molar-refractivity contribution in [1.82, 2.24) is 36.9 Å². The Balaban J connectivity index is 2.90. The molecule has 0 aliphatic heterocycles. The number of nitrogens with zero attached hydrogens (tertiary/aromatic N) is 2. The summed E-state index contributed by atoms with van der Waals surface area (Å²) in [6.45, 7) is 16.9. The summed E-state index contributed by atoms with van der Waals surface area (Å²) in [5.41, 5.74) is -0.0888. The molecule has 268 valence electrons. The van der Waals surface area contributed by atoms with Crippen LogP contribution in [-0.2, 0) is 19.2 Å². The highest BCUT2D eigenvalue weighted by atomic mass is 16.2. The maximum absolute atomic E-state index is 13.4. The lowest BCUT2D eigenvalue weighted by atomic mass is 9.81. The van der Waals surface area contributed by atoms with E-state index in [0.717, 1.165) is 6.42 Å². The van der Waals surface area contributed by atoms with E-state index in [1.54, 1.807) is 6.92 Å². The minimum atomic E-state index is -1.00. The van der Waals surface area contributed by atoms with Gasteiger partial charge in [0.2, 0.25) is 17.7 Å². The summed E-state index contributed by atoms with van der Waals surface area (Å²) in [4.78, 5) is 68.7. The molecule has 1 aromatic rings. The number of pyridine rings is 1. The number of hydrogen-bond acceptors (Lipinski definition) is 9. The van der Waals surface area contributed by atoms with Gasteiger partial charge in [-0.2, -0.15) is 5.26 Å². The number of ketones is 1. The van der Waals surface area contributed by atoms with Gasteiger partial charge < -0.3 is 26.6 Å². The normalized spacial score (nSPS) is 14.9. The van der Waals surface area contributed by atoms with Crippen LogP contribution in [0.15, 0.2) is 24.5 Å². The van der Waals surface area contributed by atoms with E-state index in [1.807, 2.05) is 40.7 Å². The average Bonchev–Trinajstić information content (AvgIpc) is 3.04. The first-order valence-corrected chi connectivity index (χ1v) is 17.1. The zero-order valence-electron chi connectivity index (χ0n) is 30.1. The molecule has 13 nitrogen and oxygen atoms in total. The molecule has 48 heavy (non-hydrogen) atoms. The first kappa shape index (κ1) is 42.1. The van der Waals surface area contributed by atoms with Crippen molar-refractivity contribution in [1.29, 1.82) is 5.26 Å². The van der Waals surface area contributed by atoms with Gasteiger partial charge in [0, 0.05) is 44.0 Å². The molecular formula is C35H58N8O5. The quantitative estimate of drug-likeness (QED) is 0.101. The van der Waals surface area contributed by atoms with Gasteiger partial charge in [0.15, 0.2) is 5.78 Å². The summed E-state index contributed by atoms with van der Waals surface area (Å²) in [5.74, 6) is -1.25. The van der Waals surface area contributed by atoms with Crippen molar-refractivity contribution in [2.45, 2.75) is 112 Å². The summed E-state index contributed by atoms with van der Waals surface area (Å²) >= 11 is 0. The molecule has 0 aliphatic rings. The van der Waals surface area contributed by atoms with E-state index in [9.17, 15) is 24.0 Å². The van der Waals surface area contributed by atoms with Crippen LogP contribution >= 0.6 is 0 Å². The number of Topliss-reactive ketones (excluding diaryl/α,β-unsaturated/α-hetero) is 1. The van der Waals surface area contributed by atoms with E-state index in [4.69, 9.17) is 5.26 Å². The second-order valence-corrected chi connectivity index (χ2v) is 13.5. The van der Waals surface area contributed by atoms with Crippen molar-refractivity contribution >= 4 is 29.4 Å². The van der Waals surface area contributed by atoms with Crippen LogP contribution < -0.4 is 31.9 Å². The highest BCUT2D eigenvalue weighted by Crippen LogP contribution is 2.25. The van der Waals surface area contributed by atoms with Crippen molar-refractivity contribution in [3.63, 3.8) is 0 Å². The number of hydrogen-bond donors (Lipinski definition) is 6. The van der Waals surface area contributed by atoms with Gasteiger partial charge in [0.1, 0.15) is 12.1 Å². The van der Waals surface area contributed by atoms with Crippen LogP contribution in [0.25, 0.3) is 0 Å². The van der Waals surface area contributed by atoms with Gasteiger partial charge in [-0.3, -0.25) is 34.3 Å². The zero-order chi connectivity index (χ0) is 36.3. The van der Waals surface area contributed by atoms with Crippen molar-refractivity contribution in [3.05, 3.63) is 30.1 Å². The molecule has 0 aliphatic carbocycles. The molecule has 1 aromatic heterocycles. The van der Waals surface area contributed by atoms with Gasteiger partial charge in [-0.15, -0.1) is 0 Å². The molecule has 0 saturated heterocycles. The third-order valence-electron chi connectivity index (χ3n) is 8.02. The fraction of sp³-hybridized carbons (Fsp3) is 0.686. The second-order valence-electron chi connectivity index (χ2n) is 13.5. The van der Waals surface area contributed by atoms with E-state index < -0.39 is 41.4 Å². The minimum Gasteiger partial charge on any atom is -0.355 e. The van der Waals surface area contributed by atoms with Crippen LogP contribution in [0.5, 0.6) is 0 Å². The van der Waals surface area contributed by atoms with Gasteiger partial charge in [-0.05, 0) is 62.5 Å². The maximum Gasteiger partial charge on any atom is 0.252 e. The van der Waals surface area contributed by atoms with E-state index in [2.05, 4.69) is 50.7 Å². The Morgan fingerprint density at radius 3 is 2.06 bits per heavy atom. The van der Waals surface area contributed by atoms with Gasteiger partial charge in [-0.1, -0.05) is 48.0 Å². The molecule has 5 atom stereocenters. The molecule has 4 amide bonds. The molecule has 6 N–H and O–H groups in total. The number of rotatable bonds is 23.